The number of aliphatic imine (C=N–C) groups is 1. The van der Waals surface area contributed by atoms with E-state index in [9.17, 15) is 0 Å². The number of benzene rings is 2. The van der Waals surface area contributed by atoms with Gasteiger partial charge in [-0.25, -0.2) is 0 Å². The second kappa shape index (κ2) is 10.6. The van der Waals surface area contributed by atoms with E-state index in [1.165, 1.54) is 5.56 Å². The van der Waals surface area contributed by atoms with Crippen molar-refractivity contribution in [2.45, 2.75) is 18.9 Å². The van der Waals surface area contributed by atoms with Crippen molar-refractivity contribution in [2.24, 2.45) is 10.9 Å². The number of hydrogen-bond donors (Lipinski definition) is 2. The van der Waals surface area contributed by atoms with Crippen LogP contribution in [0.3, 0.4) is 0 Å². The Morgan fingerprint density at radius 2 is 1.81 bits per heavy atom. The quantitative estimate of drug-likeness (QED) is 0.427. The lowest BCUT2D eigenvalue weighted by molar-refractivity contribution is 0.0915. The summed E-state index contributed by atoms with van der Waals surface area (Å²) in [6, 6.07) is 20.4. The van der Waals surface area contributed by atoms with Crippen LogP contribution in [0.2, 0.25) is 0 Å². The molecule has 0 saturated carbocycles. The van der Waals surface area contributed by atoms with Crippen molar-refractivity contribution in [3.63, 3.8) is 0 Å². The highest BCUT2D eigenvalue weighted by Gasteiger charge is 2.29. The molecule has 1 aliphatic rings. The SMILES string of the molecule is CN=C(NCCCOc1ccccc1)NCC1CCOC1c1ccccc1. The fourth-order valence-corrected chi connectivity index (χ4v) is 3.29. The van der Waals surface area contributed by atoms with Crippen LogP contribution in [-0.4, -0.2) is 39.3 Å². The van der Waals surface area contributed by atoms with Crippen molar-refractivity contribution in [1.82, 2.24) is 10.6 Å². The minimum Gasteiger partial charge on any atom is -0.494 e. The zero-order chi connectivity index (χ0) is 18.7. The maximum atomic E-state index is 5.96. The second-order valence-corrected chi connectivity index (χ2v) is 6.65. The third-order valence-corrected chi connectivity index (χ3v) is 4.72. The van der Waals surface area contributed by atoms with Crippen LogP contribution in [0.4, 0.5) is 0 Å². The lowest BCUT2D eigenvalue weighted by Crippen LogP contribution is -2.40. The van der Waals surface area contributed by atoms with Crippen molar-refractivity contribution in [1.29, 1.82) is 0 Å². The van der Waals surface area contributed by atoms with Gasteiger partial charge in [0.25, 0.3) is 0 Å². The fraction of sp³-hybridized carbons (Fsp3) is 0.409. The van der Waals surface area contributed by atoms with Crippen molar-refractivity contribution >= 4 is 5.96 Å². The van der Waals surface area contributed by atoms with E-state index in [-0.39, 0.29) is 6.10 Å². The molecule has 2 N–H and O–H groups in total. The lowest BCUT2D eigenvalue weighted by atomic mass is 9.95. The smallest absolute Gasteiger partial charge is 0.190 e. The fourth-order valence-electron chi connectivity index (χ4n) is 3.29. The summed E-state index contributed by atoms with van der Waals surface area (Å²) in [7, 11) is 1.80. The first-order valence-electron chi connectivity index (χ1n) is 9.65. The topological polar surface area (TPSA) is 54.9 Å². The van der Waals surface area contributed by atoms with Gasteiger partial charge < -0.3 is 20.1 Å². The van der Waals surface area contributed by atoms with E-state index in [0.29, 0.717) is 12.5 Å². The van der Waals surface area contributed by atoms with Crippen LogP contribution in [-0.2, 0) is 4.74 Å². The van der Waals surface area contributed by atoms with Gasteiger partial charge in [-0.2, -0.15) is 0 Å². The predicted octanol–water partition coefficient (Wildman–Crippen LogP) is 3.40. The number of para-hydroxylation sites is 1. The minimum atomic E-state index is 0.163. The van der Waals surface area contributed by atoms with E-state index in [0.717, 1.165) is 44.2 Å². The van der Waals surface area contributed by atoms with Crippen LogP contribution in [0.1, 0.15) is 24.5 Å². The number of guanidine groups is 1. The molecule has 2 aromatic rings. The van der Waals surface area contributed by atoms with Gasteiger partial charge >= 0.3 is 0 Å². The number of nitrogens with one attached hydrogen (secondary N) is 2. The van der Waals surface area contributed by atoms with Crippen molar-refractivity contribution < 1.29 is 9.47 Å². The number of nitrogens with zero attached hydrogens (tertiary/aromatic N) is 1. The maximum absolute atomic E-state index is 5.96. The monoisotopic (exact) mass is 367 g/mol. The molecule has 2 aromatic carbocycles. The van der Waals surface area contributed by atoms with Crippen LogP contribution >= 0.6 is 0 Å². The molecule has 5 heteroatoms. The maximum Gasteiger partial charge on any atom is 0.190 e. The van der Waals surface area contributed by atoms with Crippen LogP contribution in [0, 0.1) is 5.92 Å². The van der Waals surface area contributed by atoms with E-state index in [2.05, 4.69) is 39.9 Å². The molecule has 1 fully saturated rings. The Kier molecular flexibility index (Phi) is 7.54. The molecule has 0 aromatic heterocycles. The first-order chi connectivity index (χ1) is 13.4. The Balaban J connectivity index is 1.36. The summed E-state index contributed by atoms with van der Waals surface area (Å²) in [4.78, 5) is 4.32. The average Bonchev–Trinajstić information content (AvgIpc) is 3.20. The number of ether oxygens (including phenoxy) is 2. The molecule has 0 aliphatic carbocycles. The molecule has 27 heavy (non-hydrogen) atoms. The van der Waals surface area contributed by atoms with Gasteiger partial charge in [-0.1, -0.05) is 48.5 Å². The average molecular weight is 367 g/mol. The van der Waals surface area contributed by atoms with Crippen molar-refractivity contribution in [3.8, 4) is 5.75 Å². The summed E-state index contributed by atoms with van der Waals surface area (Å²) >= 11 is 0. The molecule has 0 spiro atoms. The van der Waals surface area contributed by atoms with Crippen molar-refractivity contribution in [2.75, 3.05) is 33.4 Å². The zero-order valence-electron chi connectivity index (χ0n) is 15.9. The molecule has 1 saturated heterocycles. The van der Waals surface area contributed by atoms with E-state index < -0.39 is 0 Å². The lowest BCUT2D eigenvalue weighted by Gasteiger charge is -2.21. The first-order valence-corrected chi connectivity index (χ1v) is 9.65. The molecule has 1 aliphatic heterocycles. The third-order valence-electron chi connectivity index (χ3n) is 4.72. The molecule has 0 radical (unpaired) electrons. The molecule has 5 nitrogen and oxygen atoms in total. The summed E-state index contributed by atoms with van der Waals surface area (Å²) in [6.07, 6.45) is 2.14. The molecular weight excluding hydrogens is 338 g/mol. The van der Waals surface area contributed by atoms with Gasteiger partial charge in [0.1, 0.15) is 5.75 Å². The highest BCUT2D eigenvalue weighted by molar-refractivity contribution is 5.79. The summed E-state index contributed by atoms with van der Waals surface area (Å²) in [5.74, 6) is 2.19. The standard InChI is InChI=1S/C22H29N3O2/c1-23-22(24-14-8-15-26-20-11-6-3-7-12-20)25-17-19-13-16-27-21(19)18-9-4-2-5-10-18/h2-7,9-12,19,21H,8,13-17H2,1H3,(H2,23,24,25). The molecule has 3 rings (SSSR count). The predicted molar refractivity (Wildman–Crippen MR) is 109 cm³/mol. The van der Waals surface area contributed by atoms with Gasteiger partial charge in [-0.15, -0.1) is 0 Å². The summed E-state index contributed by atoms with van der Waals surface area (Å²) in [5.41, 5.74) is 1.25. The van der Waals surface area contributed by atoms with Gasteiger partial charge in [0.15, 0.2) is 5.96 Å². The Morgan fingerprint density at radius 1 is 1.07 bits per heavy atom. The summed E-state index contributed by atoms with van der Waals surface area (Å²) < 4.78 is 11.7. The largest absolute Gasteiger partial charge is 0.494 e. The third kappa shape index (κ3) is 6.00. The van der Waals surface area contributed by atoms with E-state index in [4.69, 9.17) is 9.47 Å². The van der Waals surface area contributed by atoms with Crippen molar-refractivity contribution in [3.05, 3.63) is 66.2 Å². The van der Waals surface area contributed by atoms with Gasteiger partial charge in [-0.3, -0.25) is 4.99 Å². The Morgan fingerprint density at radius 3 is 2.56 bits per heavy atom. The Labute approximate surface area is 161 Å². The van der Waals surface area contributed by atoms with Gasteiger partial charge in [0.05, 0.1) is 12.7 Å². The molecule has 144 valence electrons. The minimum absolute atomic E-state index is 0.163. The molecule has 0 bridgehead atoms. The van der Waals surface area contributed by atoms with Crippen LogP contribution in [0.25, 0.3) is 0 Å². The zero-order valence-corrected chi connectivity index (χ0v) is 15.9. The van der Waals surface area contributed by atoms with E-state index in [1.807, 2.05) is 36.4 Å². The van der Waals surface area contributed by atoms with Gasteiger partial charge in [0, 0.05) is 32.7 Å². The van der Waals surface area contributed by atoms with Gasteiger partial charge in [0.2, 0.25) is 0 Å². The summed E-state index contributed by atoms with van der Waals surface area (Å²) in [6.45, 7) is 3.16. The molecule has 2 atom stereocenters. The highest BCUT2D eigenvalue weighted by atomic mass is 16.5. The Hall–Kier alpha value is -2.53. The molecule has 1 heterocycles. The molecule has 2 unspecified atom stereocenters. The van der Waals surface area contributed by atoms with Crippen LogP contribution in [0.5, 0.6) is 5.75 Å². The highest BCUT2D eigenvalue weighted by Crippen LogP contribution is 2.33. The molecule has 0 amide bonds. The first kappa shape index (κ1) is 19.2. The second-order valence-electron chi connectivity index (χ2n) is 6.65. The normalized spacial score (nSPS) is 19.7. The Bertz CT molecular complexity index is 691. The van der Waals surface area contributed by atoms with Gasteiger partial charge in [-0.05, 0) is 30.5 Å². The van der Waals surface area contributed by atoms with E-state index in [1.54, 1.807) is 7.05 Å². The van der Waals surface area contributed by atoms with Crippen LogP contribution < -0.4 is 15.4 Å². The molecular formula is C22H29N3O2. The van der Waals surface area contributed by atoms with Crippen LogP contribution in [0.15, 0.2) is 65.7 Å². The summed E-state index contributed by atoms with van der Waals surface area (Å²) in [5, 5.41) is 6.79. The number of hydrogen-bond acceptors (Lipinski definition) is 3. The van der Waals surface area contributed by atoms with E-state index >= 15 is 0 Å². The number of rotatable bonds is 8.